The average Bonchev–Trinajstić information content (AvgIpc) is 2.37. The van der Waals surface area contributed by atoms with Gasteiger partial charge in [-0.3, -0.25) is 4.79 Å². The van der Waals surface area contributed by atoms with Crippen molar-refractivity contribution in [3.8, 4) is 0 Å². The number of halogens is 2. The number of carbonyl (C=O) groups excluding carboxylic acids is 1. The van der Waals surface area contributed by atoms with Gasteiger partial charge in [-0.2, -0.15) is 0 Å². The molecule has 3 nitrogen and oxygen atoms in total. The third kappa shape index (κ3) is 9.32. The number of carbonyl (C=O) groups is 1. The summed E-state index contributed by atoms with van der Waals surface area (Å²) in [7, 11) is 0. The van der Waals surface area contributed by atoms with Gasteiger partial charge in [0.05, 0.1) is 0 Å². The molecule has 0 saturated carbocycles. The van der Waals surface area contributed by atoms with Crippen LogP contribution in [0, 0.1) is 0 Å². The molecule has 0 aliphatic carbocycles. The molecule has 0 aromatic heterocycles. The summed E-state index contributed by atoms with van der Waals surface area (Å²) >= 11 is 5.18. The Bertz CT molecular complexity index is 362. The highest BCUT2D eigenvalue weighted by Crippen LogP contribution is 2.21. The van der Waals surface area contributed by atoms with E-state index in [1.165, 1.54) is 4.90 Å². The zero-order chi connectivity index (χ0) is 13.2. The molecular weight excluding hydrogens is 348 g/mol. The maximum atomic E-state index is 11.4. The Hall–Kier alpha value is -0.230. The van der Waals surface area contributed by atoms with Gasteiger partial charge in [0.1, 0.15) is 0 Å². The number of rotatable bonds is 8. The molecule has 0 unspecified atom stereocenters. The summed E-state index contributed by atoms with van der Waals surface area (Å²) in [5.41, 5.74) is 5.35. The van der Waals surface area contributed by atoms with Crippen LogP contribution in [0.2, 0.25) is 0 Å². The molecule has 1 aromatic carbocycles. The first-order valence-electron chi connectivity index (χ1n) is 6.07. The van der Waals surface area contributed by atoms with Crippen LogP contribution in [0.3, 0.4) is 0 Å². The van der Waals surface area contributed by atoms with E-state index in [0.717, 1.165) is 23.1 Å². The molecule has 0 radical (unpaired) electrons. The number of hydrogen-bond donors (Lipinski definition) is 2. The molecule has 108 valence electrons. The summed E-state index contributed by atoms with van der Waals surface area (Å²) in [5, 5.41) is 2.86. The van der Waals surface area contributed by atoms with Crippen molar-refractivity contribution in [3.05, 3.63) is 28.7 Å². The molecule has 0 bridgehead atoms. The van der Waals surface area contributed by atoms with Gasteiger partial charge in [0.2, 0.25) is 5.91 Å². The van der Waals surface area contributed by atoms with Crippen molar-refractivity contribution in [2.24, 2.45) is 5.73 Å². The van der Waals surface area contributed by atoms with Crippen molar-refractivity contribution in [1.82, 2.24) is 5.32 Å². The largest absolute Gasteiger partial charge is 0.356 e. The summed E-state index contributed by atoms with van der Waals surface area (Å²) < 4.78 is 1.09. The van der Waals surface area contributed by atoms with Crippen LogP contribution in [0.15, 0.2) is 33.6 Å². The van der Waals surface area contributed by atoms with E-state index in [1.54, 1.807) is 11.8 Å². The van der Waals surface area contributed by atoms with Gasteiger partial charge in [0.15, 0.2) is 0 Å². The minimum Gasteiger partial charge on any atom is -0.356 e. The summed E-state index contributed by atoms with van der Waals surface area (Å²) in [6.07, 6.45) is 2.34. The standard InChI is InChI=1S/C13H19BrN2OS.ClH/c14-11-4-6-12(7-5-11)18-10-1-3-13(17)16-9-2-8-15;/h4-7H,1-3,8-10,15H2,(H,16,17);1H. The summed E-state index contributed by atoms with van der Waals surface area (Å²) in [5.74, 6) is 1.09. The lowest BCUT2D eigenvalue weighted by Crippen LogP contribution is -2.25. The fourth-order valence-corrected chi connectivity index (χ4v) is 2.49. The van der Waals surface area contributed by atoms with Crippen LogP contribution in [0.5, 0.6) is 0 Å². The molecule has 1 rings (SSSR count). The summed E-state index contributed by atoms with van der Waals surface area (Å²) in [4.78, 5) is 12.6. The molecule has 0 fully saturated rings. The third-order valence-corrected chi connectivity index (χ3v) is 3.96. The predicted molar refractivity (Wildman–Crippen MR) is 88.0 cm³/mol. The minimum atomic E-state index is 0. The fraction of sp³-hybridized carbons (Fsp3) is 0.462. The average molecular weight is 368 g/mol. The second-order valence-corrected chi connectivity index (χ2v) is 5.98. The highest BCUT2D eigenvalue weighted by atomic mass is 79.9. The Labute approximate surface area is 133 Å². The Morgan fingerprint density at radius 3 is 2.58 bits per heavy atom. The van der Waals surface area contributed by atoms with Crippen LogP contribution in [0.1, 0.15) is 19.3 Å². The van der Waals surface area contributed by atoms with Crippen LogP contribution in [-0.2, 0) is 4.79 Å². The third-order valence-electron chi connectivity index (χ3n) is 2.33. The van der Waals surface area contributed by atoms with Crippen LogP contribution in [0.4, 0.5) is 0 Å². The van der Waals surface area contributed by atoms with Gasteiger partial charge in [0, 0.05) is 22.3 Å². The molecule has 0 saturated heterocycles. The Balaban J connectivity index is 0.00000324. The lowest BCUT2D eigenvalue weighted by atomic mass is 10.3. The second-order valence-electron chi connectivity index (χ2n) is 3.90. The first-order valence-corrected chi connectivity index (χ1v) is 7.85. The highest BCUT2D eigenvalue weighted by Gasteiger charge is 2.00. The van der Waals surface area contributed by atoms with Gasteiger partial charge in [-0.05, 0) is 49.4 Å². The van der Waals surface area contributed by atoms with Gasteiger partial charge >= 0.3 is 0 Å². The minimum absolute atomic E-state index is 0. The molecule has 1 aromatic rings. The Kier molecular flexibility index (Phi) is 11.4. The summed E-state index contributed by atoms with van der Waals surface area (Å²) in [6.45, 7) is 1.31. The highest BCUT2D eigenvalue weighted by molar-refractivity contribution is 9.10. The lowest BCUT2D eigenvalue weighted by molar-refractivity contribution is -0.121. The number of hydrogen-bond acceptors (Lipinski definition) is 3. The van der Waals surface area contributed by atoms with Gasteiger partial charge in [-0.1, -0.05) is 15.9 Å². The molecular formula is C13H20BrClN2OS. The van der Waals surface area contributed by atoms with Crippen LogP contribution < -0.4 is 11.1 Å². The van der Waals surface area contributed by atoms with E-state index in [2.05, 4.69) is 33.4 Å². The predicted octanol–water partition coefficient (Wildman–Crippen LogP) is 3.21. The molecule has 0 aliphatic rings. The molecule has 0 heterocycles. The number of thioether (sulfide) groups is 1. The second kappa shape index (κ2) is 11.6. The summed E-state index contributed by atoms with van der Waals surface area (Å²) in [6, 6.07) is 8.22. The van der Waals surface area contributed by atoms with Crippen molar-refractivity contribution in [2.45, 2.75) is 24.2 Å². The monoisotopic (exact) mass is 366 g/mol. The first-order chi connectivity index (χ1) is 8.72. The van der Waals surface area contributed by atoms with Crippen molar-refractivity contribution in [2.75, 3.05) is 18.8 Å². The molecule has 19 heavy (non-hydrogen) atoms. The van der Waals surface area contributed by atoms with Crippen LogP contribution >= 0.6 is 40.1 Å². The smallest absolute Gasteiger partial charge is 0.220 e. The SMILES string of the molecule is Cl.NCCCNC(=O)CCCSc1ccc(Br)cc1. The van der Waals surface area contributed by atoms with E-state index >= 15 is 0 Å². The topological polar surface area (TPSA) is 55.1 Å². The van der Waals surface area contributed by atoms with Crippen molar-refractivity contribution < 1.29 is 4.79 Å². The van der Waals surface area contributed by atoms with E-state index < -0.39 is 0 Å². The van der Waals surface area contributed by atoms with E-state index in [1.807, 2.05) is 12.1 Å². The molecule has 3 N–H and O–H groups in total. The van der Waals surface area contributed by atoms with E-state index in [-0.39, 0.29) is 18.3 Å². The van der Waals surface area contributed by atoms with Gasteiger partial charge < -0.3 is 11.1 Å². The molecule has 6 heteroatoms. The lowest BCUT2D eigenvalue weighted by Gasteiger charge is -2.04. The van der Waals surface area contributed by atoms with Gasteiger partial charge in [-0.15, -0.1) is 24.2 Å². The molecule has 0 spiro atoms. The number of nitrogens with one attached hydrogen (secondary N) is 1. The molecule has 1 amide bonds. The van der Waals surface area contributed by atoms with E-state index in [4.69, 9.17) is 5.73 Å². The van der Waals surface area contributed by atoms with Gasteiger partial charge in [-0.25, -0.2) is 0 Å². The first kappa shape index (κ1) is 18.8. The van der Waals surface area contributed by atoms with E-state index in [9.17, 15) is 4.79 Å². The number of amides is 1. The maximum absolute atomic E-state index is 11.4. The maximum Gasteiger partial charge on any atom is 0.220 e. The van der Waals surface area contributed by atoms with Crippen molar-refractivity contribution in [1.29, 1.82) is 0 Å². The Morgan fingerprint density at radius 2 is 1.95 bits per heavy atom. The zero-order valence-corrected chi connectivity index (χ0v) is 14.0. The van der Waals surface area contributed by atoms with Crippen molar-refractivity contribution >= 4 is 46.0 Å². The normalized spacial score (nSPS) is 9.79. The van der Waals surface area contributed by atoms with Crippen LogP contribution in [0.25, 0.3) is 0 Å². The number of benzene rings is 1. The Morgan fingerprint density at radius 1 is 1.26 bits per heavy atom. The molecule has 0 atom stereocenters. The van der Waals surface area contributed by atoms with E-state index in [0.29, 0.717) is 19.5 Å². The molecule has 0 aliphatic heterocycles. The van der Waals surface area contributed by atoms with Crippen LogP contribution in [-0.4, -0.2) is 24.7 Å². The van der Waals surface area contributed by atoms with Crippen molar-refractivity contribution in [3.63, 3.8) is 0 Å². The quantitative estimate of drug-likeness (QED) is 0.548. The number of nitrogens with two attached hydrogens (primary N) is 1. The zero-order valence-electron chi connectivity index (χ0n) is 10.7. The fourth-order valence-electron chi connectivity index (χ4n) is 1.37. The van der Waals surface area contributed by atoms with Gasteiger partial charge in [0.25, 0.3) is 0 Å².